The van der Waals surface area contributed by atoms with E-state index in [0.29, 0.717) is 18.7 Å². The zero-order chi connectivity index (χ0) is 15.8. The van der Waals surface area contributed by atoms with Gasteiger partial charge in [-0.3, -0.25) is 14.9 Å². The standard InChI is InChI=1S/C13H17ClN2O5/c1-3-15-11(13(17)20-2)6-7-21-9-4-5-12(16(18)19)10(14)8-9/h4-5,8,11,15H,3,6-7H2,1-2H3. The third-order valence-electron chi connectivity index (χ3n) is 2.73. The number of nitro benzene ring substituents is 1. The predicted octanol–water partition coefficient (Wildman–Crippen LogP) is 2.17. The van der Waals surface area contributed by atoms with Crippen LogP contribution in [0.1, 0.15) is 13.3 Å². The molecule has 1 aromatic carbocycles. The minimum atomic E-state index is -0.565. The van der Waals surface area contributed by atoms with Crippen LogP contribution in [0.5, 0.6) is 5.75 Å². The number of nitro groups is 1. The van der Waals surface area contributed by atoms with Crippen molar-refractivity contribution in [2.45, 2.75) is 19.4 Å². The predicted molar refractivity (Wildman–Crippen MR) is 77.7 cm³/mol. The summed E-state index contributed by atoms with van der Waals surface area (Å²) in [6.45, 7) is 2.76. The molecule has 0 saturated heterocycles. The normalized spacial score (nSPS) is 11.8. The molecule has 0 amide bonds. The molecule has 0 bridgehead atoms. The van der Waals surface area contributed by atoms with E-state index >= 15 is 0 Å². The molecule has 0 saturated carbocycles. The van der Waals surface area contributed by atoms with Gasteiger partial charge in [0.25, 0.3) is 5.69 Å². The van der Waals surface area contributed by atoms with E-state index in [-0.39, 0.29) is 23.3 Å². The third kappa shape index (κ3) is 5.20. The minimum absolute atomic E-state index is 0.00806. The molecule has 0 aliphatic rings. The molecule has 21 heavy (non-hydrogen) atoms. The van der Waals surface area contributed by atoms with Crippen LogP contribution >= 0.6 is 11.6 Å². The summed E-state index contributed by atoms with van der Waals surface area (Å²) in [5.41, 5.74) is -0.177. The Kier molecular flexibility index (Phi) is 6.90. The highest BCUT2D eigenvalue weighted by Crippen LogP contribution is 2.28. The Balaban J connectivity index is 2.57. The van der Waals surface area contributed by atoms with Crippen LogP contribution < -0.4 is 10.1 Å². The van der Waals surface area contributed by atoms with Gasteiger partial charge in [0.1, 0.15) is 16.8 Å². The molecule has 0 aromatic heterocycles. The molecule has 1 aromatic rings. The topological polar surface area (TPSA) is 90.7 Å². The molecule has 116 valence electrons. The zero-order valence-corrected chi connectivity index (χ0v) is 12.6. The van der Waals surface area contributed by atoms with Gasteiger partial charge in [0.2, 0.25) is 0 Å². The second-order valence-corrected chi connectivity index (χ2v) is 4.55. The average Bonchev–Trinajstić information content (AvgIpc) is 2.45. The maximum atomic E-state index is 11.5. The molecule has 1 N–H and O–H groups in total. The van der Waals surface area contributed by atoms with Crippen molar-refractivity contribution in [2.75, 3.05) is 20.3 Å². The van der Waals surface area contributed by atoms with Crippen LogP contribution in [-0.2, 0) is 9.53 Å². The fourth-order valence-corrected chi connectivity index (χ4v) is 1.95. The lowest BCUT2D eigenvalue weighted by Gasteiger charge is -2.15. The molecular formula is C13H17ClN2O5. The van der Waals surface area contributed by atoms with Crippen LogP contribution in [0.15, 0.2) is 18.2 Å². The minimum Gasteiger partial charge on any atom is -0.493 e. The summed E-state index contributed by atoms with van der Waals surface area (Å²) < 4.78 is 10.1. The van der Waals surface area contributed by atoms with Crippen LogP contribution in [-0.4, -0.2) is 37.2 Å². The molecule has 0 heterocycles. The van der Waals surface area contributed by atoms with Gasteiger partial charge in [-0.2, -0.15) is 0 Å². The van der Waals surface area contributed by atoms with E-state index in [4.69, 9.17) is 16.3 Å². The highest BCUT2D eigenvalue weighted by Gasteiger charge is 2.18. The monoisotopic (exact) mass is 316 g/mol. The summed E-state index contributed by atoms with van der Waals surface area (Å²) in [5.74, 6) is 0.0490. The number of esters is 1. The fourth-order valence-electron chi connectivity index (χ4n) is 1.71. The molecule has 0 aliphatic heterocycles. The number of halogens is 1. The van der Waals surface area contributed by atoms with E-state index in [2.05, 4.69) is 10.1 Å². The molecule has 7 nitrogen and oxygen atoms in total. The van der Waals surface area contributed by atoms with Crippen LogP contribution in [0.3, 0.4) is 0 Å². The summed E-state index contributed by atoms with van der Waals surface area (Å²) >= 11 is 5.78. The van der Waals surface area contributed by atoms with E-state index in [1.165, 1.54) is 25.3 Å². The maximum Gasteiger partial charge on any atom is 0.322 e. The van der Waals surface area contributed by atoms with Crippen molar-refractivity contribution < 1.29 is 19.2 Å². The number of carbonyl (C=O) groups excluding carboxylic acids is 1. The molecule has 0 aliphatic carbocycles. The van der Waals surface area contributed by atoms with E-state index < -0.39 is 11.0 Å². The lowest BCUT2D eigenvalue weighted by atomic mass is 10.2. The van der Waals surface area contributed by atoms with Crippen molar-refractivity contribution in [3.05, 3.63) is 33.3 Å². The van der Waals surface area contributed by atoms with Gasteiger partial charge in [-0.25, -0.2) is 0 Å². The molecule has 1 atom stereocenters. The van der Waals surface area contributed by atoms with Crippen molar-refractivity contribution in [1.82, 2.24) is 5.32 Å². The second-order valence-electron chi connectivity index (χ2n) is 4.14. The number of nitrogens with one attached hydrogen (secondary N) is 1. The van der Waals surface area contributed by atoms with Crippen LogP contribution in [0.25, 0.3) is 0 Å². The molecular weight excluding hydrogens is 300 g/mol. The Morgan fingerprint density at radius 2 is 2.24 bits per heavy atom. The number of likely N-dealkylation sites (N-methyl/N-ethyl adjacent to an activating group) is 1. The van der Waals surface area contributed by atoms with E-state index in [1.807, 2.05) is 6.92 Å². The van der Waals surface area contributed by atoms with Crippen molar-refractivity contribution >= 4 is 23.3 Å². The number of benzene rings is 1. The lowest BCUT2D eigenvalue weighted by molar-refractivity contribution is -0.384. The van der Waals surface area contributed by atoms with Gasteiger partial charge < -0.3 is 14.8 Å². The molecule has 8 heteroatoms. The summed E-state index contributed by atoms with van der Waals surface area (Å²) in [7, 11) is 1.32. The quantitative estimate of drug-likeness (QED) is 0.449. The van der Waals surface area contributed by atoms with Crippen LogP contribution in [0.4, 0.5) is 5.69 Å². The molecule has 1 unspecified atom stereocenters. The van der Waals surface area contributed by atoms with Crippen molar-refractivity contribution in [1.29, 1.82) is 0 Å². The van der Waals surface area contributed by atoms with E-state index in [9.17, 15) is 14.9 Å². The van der Waals surface area contributed by atoms with Crippen LogP contribution in [0, 0.1) is 10.1 Å². The number of hydrogen-bond donors (Lipinski definition) is 1. The first-order chi connectivity index (χ1) is 9.99. The first-order valence-electron chi connectivity index (χ1n) is 6.37. The van der Waals surface area contributed by atoms with Crippen molar-refractivity contribution in [3.63, 3.8) is 0 Å². The van der Waals surface area contributed by atoms with Crippen molar-refractivity contribution in [2.24, 2.45) is 0 Å². The first-order valence-corrected chi connectivity index (χ1v) is 6.75. The lowest BCUT2D eigenvalue weighted by Crippen LogP contribution is -2.38. The van der Waals surface area contributed by atoms with Gasteiger partial charge in [0.05, 0.1) is 18.6 Å². The first kappa shape index (κ1) is 17.2. The van der Waals surface area contributed by atoms with Gasteiger partial charge in [0, 0.05) is 18.6 Å². The summed E-state index contributed by atoms with van der Waals surface area (Å²) in [4.78, 5) is 21.6. The van der Waals surface area contributed by atoms with Gasteiger partial charge in [-0.1, -0.05) is 18.5 Å². The Hall–Kier alpha value is -1.86. The van der Waals surface area contributed by atoms with Crippen molar-refractivity contribution in [3.8, 4) is 5.75 Å². The van der Waals surface area contributed by atoms with Gasteiger partial charge >= 0.3 is 5.97 Å². The second kappa shape index (κ2) is 8.43. The molecule has 0 spiro atoms. The summed E-state index contributed by atoms with van der Waals surface area (Å²) in [6, 6.07) is 3.66. The van der Waals surface area contributed by atoms with Gasteiger partial charge in [-0.15, -0.1) is 0 Å². The number of nitrogens with zero attached hydrogens (tertiary/aromatic N) is 1. The fraction of sp³-hybridized carbons (Fsp3) is 0.462. The van der Waals surface area contributed by atoms with E-state index in [0.717, 1.165) is 0 Å². The Morgan fingerprint density at radius 1 is 1.52 bits per heavy atom. The summed E-state index contributed by atoms with van der Waals surface area (Å²) in [6.07, 6.45) is 0.412. The van der Waals surface area contributed by atoms with E-state index in [1.54, 1.807) is 0 Å². The number of ether oxygens (including phenoxy) is 2. The number of hydrogen-bond acceptors (Lipinski definition) is 6. The largest absolute Gasteiger partial charge is 0.493 e. The van der Waals surface area contributed by atoms with Gasteiger partial charge in [-0.05, 0) is 12.6 Å². The molecule has 1 rings (SSSR count). The Bertz CT molecular complexity index is 509. The number of rotatable bonds is 8. The Labute approximate surface area is 127 Å². The van der Waals surface area contributed by atoms with Crippen LogP contribution in [0.2, 0.25) is 5.02 Å². The Morgan fingerprint density at radius 3 is 2.76 bits per heavy atom. The maximum absolute atomic E-state index is 11.5. The highest BCUT2D eigenvalue weighted by molar-refractivity contribution is 6.32. The molecule has 0 radical (unpaired) electrons. The number of methoxy groups -OCH3 is 1. The SMILES string of the molecule is CCNC(CCOc1ccc([N+](=O)[O-])c(Cl)c1)C(=O)OC. The summed E-state index contributed by atoms with van der Waals surface area (Å²) in [5, 5.41) is 13.6. The highest BCUT2D eigenvalue weighted by atomic mass is 35.5. The zero-order valence-electron chi connectivity index (χ0n) is 11.8. The average molecular weight is 317 g/mol. The number of carbonyl (C=O) groups is 1. The molecule has 0 fully saturated rings. The smallest absolute Gasteiger partial charge is 0.322 e. The van der Waals surface area contributed by atoms with Gasteiger partial charge in [0.15, 0.2) is 0 Å². The third-order valence-corrected chi connectivity index (χ3v) is 3.03.